The van der Waals surface area contributed by atoms with Gasteiger partial charge in [-0.25, -0.2) is 16.8 Å². The van der Waals surface area contributed by atoms with Crippen LogP contribution in [0.5, 0.6) is 5.75 Å². The van der Waals surface area contributed by atoms with E-state index in [0.717, 1.165) is 20.4 Å². The molecule has 1 amide bonds. The maximum atomic E-state index is 13.5. The summed E-state index contributed by atoms with van der Waals surface area (Å²) in [4.78, 5) is 13.0. The van der Waals surface area contributed by atoms with E-state index in [9.17, 15) is 21.6 Å². The van der Waals surface area contributed by atoms with Crippen molar-refractivity contribution >= 4 is 54.6 Å². The number of benzene rings is 3. The highest BCUT2D eigenvalue weighted by Gasteiger charge is 2.28. The van der Waals surface area contributed by atoms with Gasteiger partial charge in [-0.3, -0.25) is 13.4 Å². The van der Waals surface area contributed by atoms with Gasteiger partial charge in [0.05, 0.1) is 34.7 Å². The summed E-state index contributed by atoms with van der Waals surface area (Å²) in [5.41, 5.74) is 1.68. The summed E-state index contributed by atoms with van der Waals surface area (Å²) in [7, 11) is -4.84. The molecular formula is C24H26ClN3O6S2. The van der Waals surface area contributed by atoms with E-state index < -0.39 is 32.5 Å². The molecule has 9 nitrogen and oxygen atoms in total. The van der Waals surface area contributed by atoms with Gasteiger partial charge in [0.15, 0.2) is 0 Å². The molecule has 0 fully saturated rings. The average molecular weight is 552 g/mol. The Balaban J connectivity index is 1.95. The summed E-state index contributed by atoms with van der Waals surface area (Å²) < 4.78 is 58.0. The van der Waals surface area contributed by atoms with E-state index in [1.54, 1.807) is 30.3 Å². The van der Waals surface area contributed by atoms with E-state index >= 15 is 0 Å². The van der Waals surface area contributed by atoms with E-state index in [0.29, 0.717) is 17.1 Å². The van der Waals surface area contributed by atoms with Gasteiger partial charge in [0, 0.05) is 12.7 Å². The van der Waals surface area contributed by atoms with E-state index in [4.69, 9.17) is 16.3 Å². The average Bonchev–Trinajstić information content (AvgIpc) is 2.81. The maximum Gasteiger partial charge on any atom is 0.264 e. The summed E-state index contributed by atoms with van der Waals surface area (Å²) in [6.07, 6.45) is 1.06. The fourth-order valence-electron chi connectivity index (χ4n) is 3.26. The molecule has 0 spiro atoms. The molecule has 0 saturated carbocycles. The van der Waals surface area contributed by atoms with Crippen molar-refractivity contribution in [2.75, 3.05) is 40.9 Å². The van der Waals surface area contributed by atoms with Crippen LogP contribution in [0.25, 0.3) is 0 Å². The van der Waals surface area contributed by atoms with Crippen molar-refractivity contribution in [1.29, 1.82) is 0 Å². The van der Waals surface area contributed by atoms with Crippen molar-refractivity contribution in [3.63, 3.8) is 0 Å². The third-order valence-corrected chi connectivity index (χ3v) is 8.60. The molecule has 36 heavy (non-hydrogen) atoms. The Morgan fingerprint density at radius 3 is 2.22 bits per heavy atom. The number of hydrogen-bond donors (Lipinski definition) is 1. The molecule has 0 aliphatic carbocycles. The Bertz CT molecular complexity index is 1480. The summed E-state index contributed by atoms with van der Waals surface area (Å²) in [6, 6.07) is 16.9. The predicted octanol–water partition coefficient (Wildman–Crippen LogP) is 3.89. The molecule has 0 radical (unpaired) electrons. The van der Waals surface area contributed by atoms with E-state index in [-0.39, 0.29) is 15.6 Å². The number of anilines is 3. The topological polar surface area (TPSA) is 113 Å². The van der Waals surface area contributed by atoms with Crippen LogP contribution in [0.1, 0.15) is 5.56 Å². The van der Waals surface area contributed by atoms with Crippen LogP contribution in [0.4, 0.5) is 17.1 Å². The first-order valence-corrected chi connectivity index (χ1v) is 14.3. The van der Waals surface area contributed by atoms with E-state index in [1.165, 1.54) is 50.6 Å². The number of methoxy groups -OCH3 is 1. The lowest BCUT2D eigenvalue weighted by molar-refractivity contribution is -0.114. The van der Waals surface area contributed by atoms with Gasteiger partial charge in [0.1, 0.15) is 12.3 Å². The first-order valence-electron chi connectivity index (χ1n) is 10.6. The Hall–Kier alpha value is -3.28. The third kappa shape index (κ3) is 6.28. The van der Waals surface area contributed by atoms with Crippen molar-refractivity contribution in [1.82, 2.24) is 0 Å². The fraction of sp³-hybridized carbons (Fsp3) is 0.208. The number of aryl methyl sites for hydroxylation is 1. The van der Waals surface area contributed by atoms with Crippen molar-refractivity contribution in [3.8, 4) is 5.75 Å². The molecule has 0 atom stereocenters. The summed E-state index contributed by atoms with van der Waals surface area (Å²) in [6.45, 7) is 1.27. The number of hydrogen-bond acceptors (Lipinski definition) is 6. The molecule has 12 heteroatoms. The number of carbonyl (C=O) groups is 1. The highest BCUT2D eigenvalue weighted by Crippen LogP contribution is 2.32. The van der Waals surface area contributed by atoms with Crippen molar-refractivity contribution in [3.05, 3.63) is 77.3 Å². The van der Waals surface area contributed by atoms with Crippen molar-refractivity contribution in [2.24, 2.45) is 0 Å². The second kappa shape index (κ2) is 10.8. The number of nitrogens with zero attached hydrogens (tertiary/aromatic N) is 2. The highest BCUT2D eigenvalue weighted by molar-refractivity contribution is 7.93. The van der Waals surface area contributed by atoms with Crippen LogP contribution in [0.2, 0.25) is 5.02 Å². The molecule has 0 unspecified atom stereocenters. The fourth-order valence-corrected chi connectivity index (χ4v) is 5.43. The largest absolute Gasteiger partial charge is 0.495 e. The minimum Gasteiger partial charge on any atom is -0.495 e. The lowest BCUT2D eigenvalue weighted by Gasteiger charge is -2.25. The smallest absolute Gasteiger partial charge is 0.264 e. The first-order chi connectivity index (χ1) is 16.8. The molecule has 3 aromatic carbocycles. The quantitative estimate of drug-likeness (QED) is 0.432. The number of rotatable bonds is 9. The molecule has 192 valence electrons. The highest BCUT2D eigenvalue weighted by atomic mass is 35.5. The molecule has 3 aromatic rings. The Kier molecular flexibility index (Phi) is 8.17. The van der Waals surface area contributed by atoms with E-state index in [2.05, 4.69) is 5.32 Å². The normalized spacial score (nSPS) is 11.6. The lowest BCUT2D eigenvalue weighted by atomic mass is 10.2. The Morgan fingerprint density at radius 2 is 1.64 bits per heavy atom. The number of carbonyl (C=O) groups excluding carboxylic acids is 1. The van der Waals surface area contributed by atoms with Gasteiger partial charge in [0.25, 0.3) is 10.0 Å². The van der Waals surface area contributed by atoms with Crippen LogP contribution in [0.3, 0.4) is 0 Å². The maximum absolute atomic E-state index is 13.5. The van der Waals surface area contributed by atoms with Gasteiger partial charge >= 0.3 is 0 Å². The zero-order valence-corrected chi connectivity index (χ0v) is 22.5. The zero-order valence-electron chi connectivity index (χ0n) is 20.1. The minimum absolute atomic E-state index is 0.00427. The number of halogens is 1. The Labute approximate surface area is 216 Å². The minimum atomic E-state index is -4.15. The molecular weight excluding hydrogens is 526 g/mol. The predicted molar refractivity (Wildman–Crippen MR) is 142 cm³/mol. The van der Waals surface area contributed by atoms with Gasteiger partial charge in [-0.05, 0) is 55.5 Å². The first kappa shape index (κ1) is 27.3. The zero-order chi connectivity index (χ0) is 26.7. The number of sulfonamides is 2. The molecule has 0 heterocycles. The Morgan fingerprint density at radius 1 is 0.972 bits per heavy atom. The van der Waals surface area contributed by atoms with Crippen LogP contribution in [0, 0.1) is 6.92 Å². The van der Waals surface area contributed by atoms with Crippen LogP contribution in [-0.2, 0) is 24.8 Å². The molecule has 0 saturated heterocycles. The van der Waals surface area contributed by atoms with Crippen molar-refractivity contribution in [2.45, 2.75) is 11.8 Å². The summed E-state index contributed by atoms with van der Waals surface area (Å²) >= 11 is 6.24. The van der Waals surface area contributed by atoms with Gasteiger partial charge in [-0.2, -0.15) is 0 Å². The van der Waals surface area contributed by atoms with Gasteiger partial charge < -0.3 is 10.1 Å². The molecule has 0 aromatic heterocycles. The second-order valence-electron chi connectivity index (χ2n) is 7.97. The molecule has 3 rings (SSSR count). The van der Waals surface area contributed by atoms with Crippen LogP contribution in [0.15, 0.2) is 71.6 Å². The third-order valence-electron chi connectivity index (χ3n) is 5.31. The standard InChI is InChI=1S/C24H26ClN3O6S2/c1-17-8-11-21(12-9-17)36(32,33)28(20-10-13-23(34-3)22(25)15-20)16-24(29)26-18-6-5-7-19(14-18)27(2)35(4,30)31/h5-15H,16H2,1-4H3,(H,26,29). The number of amides is 1. The van der Waals surface area contributed by atoms with Gasteiger partial charge in [-0.1, -0.05) is 35.4 Å². The number of nitrogens with one attached hydrogen (secondary N) is 1. The number of ether oxygens (including phenoxy) is 1. The second-order valence-corrected chi connectivity index (χ2v) is 12.3. The van der Waals surface area contributed by atoms with Crippen molar-refractivity contribution < 1.29 is 26.4 Å². The van der Waals surface area contributed by atoms with E-state index in [1.807, 2.05) is 6.92 Å². The molecule has 1 N–H and O–H groups in total. The SMILES string of the molecule is COc1ccc(N(CC(=O)Nc2cccc(N(C)S(C)(=O)=O)c2)S(=O)(=O)c2ccc(C)cc2)cc1Cl. The summed E-state index contributed by atoms with van der Waals surface area (Å²) in [5, 5.41) is 2.81. The summed E-state index contributed by atoms with van der Waals surface area (Å²) in [5.74, 6) is -0.291. The molecule has 0 bridgehead atoms. The van der Waals surface area contributed by atoms with Gasteiger partial charge in [0.2, 0.25) is 15.9 Å². The van der Waals surface area contributed by atoms with Crippen LogP contribution >= 0.6 is 11.6 Å². The lowest BCUT2D eigenvalue weighted by Crippen LogP contribution is -2.38. The van der Waals surface area contributed by atoms with Gasteiger partial charge in [-0.15, -0.1) is 0 Å². The monoisotopic (exact) mass is 551 g/mol. The molecule has 0 aliphatic rings. The molecule has 0 aliphatic heterocycles. The van der Waals surface area contributed by atoms with Crippen LogP contribution < -0.4 is 18.7 Å². The van der Waals surface area contributed by atoms with Crippen LogP contribution in [-0.4, -0.2) is 49.7 Å².